The molecule has 0 bridgehead atoms. The second kappa shape index (κ2) is 5.09. The molecule has 0 aliphatic carbocycles. The predicted molar refractivity (Wildman–Crippen MR) is 85.6 cm³/mol. The fourth-order valence-electron chi connectivity index (χ4n) is 2.29. The number of hydrogen-bond donors (Lipinski definition) is 1. The van der Waals surface area contributed by atoms with E-state index in [2.05, 4.69) is 15.9 Å². The smallest absolute Gasteiger partial charge is 0.180 e. The Hall–Kier alpha value is -0.980. The minimum Gasteiger partial charge on any atom is -0.398 e. The van der Waals surface area contributed by atoms with Crippen LogP contribution in [0.1, 0.15) is 10.8 Å². The Kier molecular flexibility index (Phi) is 3.56. The van der Waals surface area contributed by atoms with E-state index in [0.717, 1.165) is 14.9 Å². The molecule has 2 aromatic rings. The van der Waals surface area contributed by atoms with Gasteiger partial charge in [-0.2, -0.15) is 0 Å². The van der Waals surface area contributed by atoms with Crippen molar-refractivity contribution in [2.75, 3.05) is 11.5 Å². The number of nitrogen functional groups attached to an aromatic ring is 1. The highest BCUT2D eigenvalue weighted by molar-refractivity contribution is 9.10. The van der Waals surface area contributed by atoms with E-state index in [1.165, 1.54) is 11.8 Å². The third-order valence-electron chi connectivity index (χ3n) is 3.21. The summed E-state index contributed by atoms with van der Waals surface area (Å²) in [7, 11) is -3.17. The lowest BCUT2D eigenvalue weighted by Crippen LogP contribution is -2.01. The maximum Gasteiger partial charge on any atom is 0.180 e. The van der Waals surface area contributed by atoms with Gasteiger partial charge in [-0.05, 0) is 29.8 Å². The molecule has 3 rings (SSSR count). The van der Waals surface area contributed by atoms with Crippen molar-refractivity contribution in [2.45, 2.75) is 15.0 Å². The summed E-state index contributed by atoms with van der Waals surface area (Å²) in [4.78, 5) is 1.36. The SMILES string of the molecule is Nc1cc(Br)ccc1SC1CS(=O)(=O)c2ccccc21. The number of thioether (sulfide) groups is 1. The first-order chi connectivity index (χ1) is 9.47. The molecule has 0 radical (unpaired) electrons. The van der Waals surface area contributed by atoms with Gasteiger partial charge in [-0.3, -0.25) is 0 Å². The van der Waals surface area contributed by atoms with Crippen molar-refractivity contribution >= 4 is 43.2 Å². The molecule has 0 spiro atoms. The summed E-state index contributed by atoms with van der Waals surface area (Å²) in [6.45, 7) is 0. The van der Waals surface area contributed by atoms with Crippen LogP contribution in [0, 0.1) is 0 Å². The van der Waals surface area contributed by atoms with E-state index in [4.69, 9.17) is 5.73 Å². The van der Waals surface area contributed by atoms with Crippen molar-refractivity contribution in [3.63, 3.8) is 0 Å². The molecule has 2 aromatic carbocycles. The minimum atomic E-state index is -3.17. The Morgan fingerprint density at radius 1 is 1.20 bits per heavy atom. The van der Waals surface area contributed by atoms with Crippen LogP contribution in [0.5, 0.6) is 0 Å². The quantitative estimate of drug-likeness (QED) is 0.820. The van der Waals surface area contributed by atoms with E-state index in [-0.39, 0.29) is 11.0 Å². The van der Waals surface area contributed by atoms with Crippen LogP contribution in [0.2, 0.25) is 0 Å². The van der Waals surface area contributed by atoms with E-state index in [9.17, 15) is 8.42 Å². The van der Waals surface area contributed by atoms with Crippen molar-refractivity contribution in [2.24, 2.45) is 0 Å². The zero-order valence-electron chi connectivity index (χ0n) is 10.4. The number of hydrogen-bond acceptors (Lipinski definition) is 4. The van der Waals surface area contributed by atoms with E-state index in [1.54, 1.807) is 12.1 Å². The summed E-state index contributed by atoms with van der Waals surface area (Å²) in [6.07, 6.45) is 0. The minimum absolute atomic E-state index is 0.0975. The van der Waals surface area contributed by atoms with Gasteiger partial charge in [0.05, 0.1) is 15.9 Å². The van der Waals surface area contributed by atoms with Crippen LogP contribution in [0.25, 0.3) is 0 Å². The molecule has 6 heteroatoms. The molecule has 2 N–H and O–H groups in total. The average Bonchev–Trinajstić information content (AvgIpc) is 2.65. The van der Waals surface area contributed by atoms with Crippen LogP contribution in [-0.4, -0.2) is 14.2 Å². The molecule has 0 aromatic heterocycles. The summed E-state index contributed by atoms with van der Waals surface area (Å²) in [5.41, 5.74) is 7.52. The number of fused-ring (bicyclic) bond motifs is 1. The van der Waals surface area contributed by atoms with Crippen LogP contribution in [0.15, 0.2) is 56.7 Å². The van der Waals surface area contributed by atoms with Crippen molar-refractivity contribution in [1.29, 1.82) is 0 Å². The first kappa shape index (κ1) is 14.0. The lowest BCUT2D eigenvalue weighted by atomic mass is 10.2. The Morgan fingerprint density at radius 3 is 2.70 bits per heavy atom. The summed E-state index contributed by atoms with van der Waals surface area (Å²) in [5, 5.41) is -0.0975. The van der Waals surface area contributed by atoms with Gasteiger partial charge in [0.15, 0.2) is 9.84 Å². The third-order valence-corrected chi connectivity index (χ3v) is 7.06. The molecule has 20 heavy (non-hydrogen) atoms. The molecule has 1 atom stereocenters. The fraction of sp³-hybridized carbons (Fsp3) is 0.143. The highest BCUT2D eigenvalue weighted by atomic mass is 79.9. The van der Waals surface area contributed by atoms with E-state index < -0.39 is 9.84 Å². The fourth-order valence-corrected chi connectivity index (χ4v) is 6.14. The Labute approximate surface area is 130 Å². The Bertz CT molecular complexity index is 774. The second-order valence-corrected chi connectivity index (χ2v) is 8.77. The van der Waals surface area contributed by atoms with Crippen molar-refractivity contribution in [1.82, 2.24) is 0 Å². The summed E-state index contributed by atoms with van der Waals surface area (Å²) < 4.78 is 25.2. The molecular formula is C14H12BrNO2S2. The second-order valence-electron chi connectivity index (χ2n) is 4.61. The number of nitrogens with two attached hydrogens (primary N) is 1. The zero-order chi connectivity index (χ0) is 14.3. The molecule has 0 fully saturated rings. The van der Waals surface area contributed by atoms with Gasteiger partial charge in [0.25, 0.3) is 0 Å². The van der Waals surface area contributed by atoms with Crippen molar-refractivity contribution in [3.8, 4) is 0 Å². The standard InChI is InChI=1S/C14H12BrNO2S2/c15-9-5-6-12(11(16)7-9)19-13-8-20(17,18)14-4-2-1-3-10(13)14/h1-7,13H,8,16H2. The third kappa shape index (κ3) is 2.47. The summed E-state index contributed by atoms with van der Waals surface area (Å²) in [6, 6.07) is 12.8. The maximum atomic E-state index is 12.1. The zero-order valence-corrected chi connectivity index (χ0v) is 13.6. The van der Waals surface area contributed by atoms with Crippen molar-refractivity contribution in [3.05, 3.63) is 52.5 Å². The first-order valence-electron chi connectivity index (χ1n) is 6.01. The van der Waals surface area contributed by atoms with Crippen LogP contribution in [0.3, 0.4) is 0 Å². The van der Waals surface area contributed by atoms with E-state index >= 15 is 0 Å². The van der Waals surface area contributed by atoms with Gasteiger partial charge in [-0.15, -0.1) is 11.8 Å². The average molecular weight is 370 g/mol. The summed E-state index contributed by atoms with van der Waals surface area (Å²) >= 11 is 4.87. The number of halogens is 1. The molecule has 1 unspecified atom stereocenters. The predicted octanol–water partition coefficient (Wildman–Crippen LogP) is 3.65. The van der Waals surface area contributed by atoms with Crippen LogP contribution >= 0.6 is 27.7 Å². The largest absolute Gasteiger partial charge is 0.398 e. The van der Waals surface area contributed by atoms with Gasteiger partial charge in [0.2, 0.25) is 0 Å². The monoisotopic (exact) mass is 369 g/mol. The molecule has 104 valence electrons. The van der Waals surface area contributed by atoms with Gasteiger partial charge in [-0.25, -0.2) is 8.42 Å². The molecule has 0 saturated heterocycles. The Morgan fingerprint density at radius 2 is 1.95 bits per heavy atom. The van der Waals surface area contributed by atoms with E-state index in [1.807, 2.05) is 30.3 Å². The first-order valence-corrected chi connectivity index (χ1v) is 9.33. The lowest BCUT2D eigenvalue weighted by Gasteiger charge is -2.11. The lowest BCUT2D eigenvalue weighted by molar-refractivity contribution is 0.600. The molecular weight excluding hydrogens is 358 g/mol. The van der Waals surface area contributed by atoms with Gasteiger partial charge in [-0.1, -0.05) is 34.1 Å². The topological polar surface area (TPSA) is 60.2 Å². The number of benzene rings is 2. The number of rotatable bonds is 2. The van der Waals surface area contributed by atoms with Gasteiger partial charge >= 0.3 is 0 Å². The van der Waals surface area contributed by atoms with Gasteiger partial charge < -0.3 is 5.73 Å². The molecule has 3 nitrogen and oxygen atoms in total. The van der Waals surface area contributed by atoms with Crippen LogP contribution < -0.4 is 5.73 Å². The maximum absolute atomic E-state index is 12.1. The highest BCUT2D eigenvalue weighted by Gasteiger charge is 2.35. The molecule has 1 aliphatic rings. The van der Waals surface area contributed by atoms with E-state index in [0.29, 0.717) is 10.6 Å². The number of sulfone groups is 1. The van der Waals surface area contributed by atoms with Gasteiger partial charge in [0, 0.05) is 15.1 Å². The van der Waals surface area contributed by atoms with Crippen LogP contribution in [-0.2, 0) is 9.84 Å². The molecule has 0 amide bonds. The molecule has 0 saturated carbocycles. The number of anilines is 1. The highest BCUT2D eigenvalue weighted by Crippen LogP contribution is 2.46. The summed E-state index contributed by atoms with van der Waals surface area (Å²) in [5.74, 6) is 0.131. The Balaban J connectivity index is 1.97. The van der Waals surface area contributed by atoms with Crippen LogP contribution in [0.4, 0.5) is 5.69 Å². The molecule has 1 aliphatic heterocycles. The van der Waals surface area contributed by atoms with Gasteiger partial charge in [0.1, 0.15) is 0 Å². The molecule has 1 heterocycles. The normalized spacial score (nSPS) is 19.8. The van der Waals surface area contributed by atoms with Crippen molar-refractivity contribution < 1.29 is 8.42 Å².